The van der Waals surface area contributed by atoms with Crippen LogP contribution >= 0.6 is 11.8 Å². The van der Waals surface area contributed by atoms with Crippen LogP contribution in [0.1, 0.15) is 25.8 Å². The lowest BCUT2D eigenvalue weighted by molar-refractivity contribution is -0.142. The Balaban J connectivity index is 2.81. The minimum Gasteiger partial charge on any atom is -0.480 e. The maximum atomic E-state index is 12.7. The van der Waals surface area contributed by atoms with Gasteiger partial charge in [0.15, 0.2) is 0 Å². The smallest absolute Gasteiger partial charge is 0.326 e. The summed E-state index contributed by atoms with van der Waals surface area (Å²) in [7, 11) is 0. The molecule has 0 heterocycles. The van der Waals surface area contributed by atoms with Crippen molar-refractivity contribution in [1.82, 2.24) is 16.0 Å². The fraction of sp³-hybridized carbons (Fsp3) is 0.500. The Morgan fingerprint density at radius 1 is 0.967 bits per heavy atom. The van der Waals surface area contributed by atoms with Gasteiger partial charge in [0, 0.05) is 6.42 Å². The van der Waals surface area contributed by atoms with Crippen molar-refractivity contribution in [2.75, 3.05) is 12.0 Å². The number of carbonyl (C=O) groups excluding carboxylic acids is 3. The van der Waals surface area contributed by atoms with E-state index in [2.05, 4.69) is 16.0 Å². The average Bonchev–Trinajstić information content (AvgIpc) is 2.70. The van der Waals surface area contributed by atoms with Gasteiger partial charge >= 0.3 is 5.97 Å². The third-order valence-electron chi connectivity index (χ3n) is 4.31. The highest BCUT2D eigenvalue weighted by atomic mass is 32.2. The van der Waals surface area contributed by atoms with E-state index >= 15 is 0 Å². The van der Waals surface area contributed by atoms with Crippen molar-refractivity contribution in [1.29, 1.82) is 0 Å². The van der Waals surface area contributed by atoms with Crippen LogP contribution in [-0.4, -0.2) is 65.0 Å². The Morgan fingerprint density at radius 2 is 1.57 bits per heavy atom. The Bertz CT molecular complexity index is 729. The molecule has 0 aliphatic carbocycles. The molecule has 10 heteroatoms. The summed E-state index contributed by atoms with van der Waals surface area (Å²) in [6, 6.07) is 5.21. The second-order valence-electron chi connectivity index (χ2n) is 6.95. The van der Waals surface area contributed by atoms with Crippen molar-refractivity contribution >= 4 is 35.5 Å². The van der Waals surface area contributed by atoms with Gasteiger partial charge in [-0.05, 0) is 37.8 Å². The zero-order valence-electron chi connectivity index (χ0n) is 17.4. The molecule has 0 saturated heterocycles. The second kappa shape index (κ2) is 12.9. The van der Waals surface area contributed by atoms with Gasteiger partial charge in [-0.25, -0.2) is 4.79 Å². The van der Waals surface area contributed by atoms with Crippen molar-refractivity contribution in [3.8, 4) is 0 Å². The van der Waals surface area contributed by atoms with E-state index in [0.717, 1.165) is 5.56 Å². The largest absolute Gasteiger partial charge is 0.480 e. The molecule has 0 radical (unpaired) electrons. The van der Waals surface area contributed by atoms with E-state index in [1.807, 2.05) is 12.3 Å². The molecule has 166 valence electrons. The molecule has 9 nitrogen and oxygen atoms in total. The highest BCUT2D eigenvalue weighted by Crippen LogP contribution is 2.06. The van der Waals surface area contributed by atoms with Gasteiger partial charge in [-0.2, -0.15) is 11.8 Å². The lowest BCUT2D eigenvalue weighted by Crippen LogP contribution is -2.56. The molecule has 3 amide bonds. The highest BCUT2D eigenvalue weighted by molar-refractivity contribution is 7.98. The zero-order chi connectivity index (χ0) is 22.7. The first-order valence-electron chi connectivity index (χ1n) is 9.58. The lowest BCUT2D eigenvalue weighted by atomic mass is 10.1. The molecule has 6 N–H and O–H groups in total. The monoisotopic (exact) mass is 438 g/mol. The van der Waals surface area contributed by atoms with Gasteiger partial charge in [0.05, 0.1) is 6.04 Å². The Kier molecular flexibility index (Phi) is 10.9. The SMILES string of the molecule is CSCCC(NC(=O)C(C)NC(=O)C(C)N)C(=O)NC(Cc1ccccc1)C(=O)O. The van der Waals surface area contributed by atoms with Crippen LogP contribution in [0, 0.1) is 0 Å². The van der Waals surface area contributed by atoms with Crippen molar-refractivity contribution in [3.63, 3.8) is 0 Å². The number of hydrogen-bond donors (Lipinski definition) is 5. The van der Waals surface area contributed by atoms with E-state index in [9.17, 15) is 24.3 Å². The van der Waals surface area contributed by atoms with E-state index in [1.54, 1.807) is 24.3 Å². The molecule has 4 atom stereocenters. The van der Waals surface area contributed by atoms with E-state index in [0.29, 0.717) is 12.2 Å². The topological polar surface area (TPSA) is 151 Å². The van der Waals surface area contributed by atoms with E-state index in [4.69, 9.17) is 5.73 Å². The van der Waals surface area contributed by atoms with Crippen LogP contribution in [0.5, 0.6) is 0 Å². The average molecular weight is 439 g/mol. The maximum absolute atomic E-state index is 12.7. The van der Waals surface area contributed by atoms with Gasteiger partial charge in [0.2, 0.25) is 17.7 Å². The van der Waals surface area contributed by atoms with Crippen LogP contribution in [0.3, 0.4) is 0 Å². The van der Waals surface area contributed by atoms with Crippen LogP contribution in [0.15, 0.2) is 30.3 Å². The number of nitrogens with one attached hydrogen (secondary N) is 3. The molecular weight excluding hydrogens is 408 g/mol. The summed E-state index contributed by atoms with van der Waals surface area (Å²) >= 11 is 1.49. The van der Waals surface area contributed by atoms with Gasteiger partial charge in [-0.3, -0.25) is 14.4 Å². The molecule has 0 aliphatic heterocycles. The Labute approximate surface area is 180 Å². The molecular formula is C20H30N4O5S. The summed E-state index contributed by atoms with van der Waals surface area (Å²) in [5.41, 5.74) is 6.25. The maximum Gasteiger partial charge on any atom is 0.326 e. The zero-order valence-corrected chi connectivity index (χ0v) is 18.2. The number of hydrogen-bond acceptors (Lipinski definition) is 6. The summed E-state index contributed by atoms with van der Waals surface area (Å²) in [6.07, 6.45) is 2.29. The number of carboxylic acid groups (broad SMARTS) is 1. The van der Waals surface area contributed by atoms with E-state index in [1.165, 1.54) is 25.6 Å². The minimum absolute atomic E-state index is 0.117. The number of amides is 3. The molecule has 0 aliphatic rings. The number of benzene rings is 1. The molecule has 1 aromatic rings. The normalized spacial score (nSPS) is 14.7. The number of carboxylic acids is 1. The second-order valence-corrected chi connectivity index (χ2v) is 7.94. The summed E-state index contributed by atoms with van der Waals surface area (Å²) < 4.78 is 0. The van der Waals surface area contributed by atoms with Crippen LogP contribution in [0.2, 0.25) is 0 Å². The number of carbonyl (C=O) groups is 4. The standard InChI is InChI=1S/C20H30N4O5S/c1-12(21)17(25)22-13(2)18(26)23-15(9-10-30-3)19(27)24-16(20(28)29)11-14-7-5-4-6-8-14/h4-8,12-13,15-16H,9-11,21H2,1-3H3,(H,22,25)(H,23,26)(H,24,27)(H,28,29). The number of rotatable bonds is 12. The molecule has 4 unspecified atom stereocenters. The van der Waals surface area contributed by atoms with E-state index < -0.39 is 47.9 Å². The third-order valence-corrected chi connectivity index (χ3v) is 4.95. The molecule has 0 saturated carbocycles. The molecule has 0 fully saturated rings. The van der Waals surface area contributed by atoms with Crippen LogP contribution in [0.4, 0.5) is 0 Å². The third kappa shape index (κ3) is 8.83. The van der Waals surface area contributed by atoms with Crippen LogP contribution < -0.4 is 21.7 Å². The van der Waals surface area contributed by atoms with Crippen molar-refractivity contribution < 1.29 is 24.3 Å². The molecule has 0 bridgehead atoms. The number of nitrogens with two attached hydrogens (primary N) is 1. The van der Waals surface area contributed by atoms with Gasteiger partial charge in [-0.1, -0.05) is 30.3 Å². The van der Waals surface area contributed by atoms with Crippen LogP contribution in [-0.2, 0) is 25.6 Å². The lowest BCUT2D eigenvalue weighted by Gasteiger charge is -2.23. The summed E-state index contributed by atoms with van der Waals surface area (Å²) in [4.78, 5) is 48.5. The predicted molar refractivity (Wildman–Crippen MR) is 116 cm³/mol. The first-order valence-corrected chi connectivity index (χ1v) is 11.0. The number of thioether (sulfide) groups is 1. The van der Waals surface area contributed by atoms with Crippen molar-refractivity contribution in [2.45, 2.75) is 50.9 Å². The molecule has 1 rings (SSSR count). The first kappa shape index (κ1) is 25.4. The quantitative estimate of drug-likeness (QED) is 0.305. The number of aliphatic carboxylic acids is 1. The first-order chi connectivity index (χ1) is 14.1. The van der Waals surface area contributed by atoms with E-state index in [-0.39, 0.29) is 6.42 Å². The van der Waals surface area contributed by atoms with Crippen molar-refractivity contribution in [3.05, 3.63) is 35.9 Å². The predicted octanol–water partition coefficient (Wildman–Crippen LogP) is -0.112. The van der Waals surface area contributed by atoms with Gasteiger partial charge in [-0.15, -0.1) is 0 Å². The minimum atomic E-state index is -1.17. The molecule has 30 heavy (non-hydrogen) atoms. The van der Waals surface area contributed by atoms with Gasteiger partial charge < -0.3 is 26.8 Å². The fourth-order valence-electron chi connectivity index (χ4n) is 2.53. The Hall–Kier alpha value is -2.59. The summed E-state index contributed by atoms with van der Waals surface area (Å²) in [5.74, 6) is -2.22. The highest BCUT2D eigenvalue weighted by Gasteiger charge is 2.28. The van der Waals surface area contributed by atoms with Gasteiger partial charge in [0.25, 0.3) is 0 Å². The van der Waals surface area contributed by atoms with Crippen molar-refractivity contribution in [2.24, 2.45) is 5.73 Å². The van der Waals surface area contributed by atoms with Gasteiger partial charge in [0.1, 0.15) is 18.1 Å². The Morgan fingerprint density at radius 3 is 2.10 bits per heavy atom. The molecule has 1 aromatic carbocycles. The van der Waals surface area contributed by atoms with Crippen LogP contribution in [0.25, 0.3) is 0 Å². The molecule has 0 spiro atoms. The summed E-state index contributed by atoms with van der Waals surface area (Å²) in [5, 5.41) is 17.1. The summed E-state index contributed by atoms with van der Waals surface area (Å²) in [6.45, 7) is 2.97. The molecule has 0 aromatic heterocycles. The fourth-order valence-corrected chi connectivity index (χ4v) is 3.01.